The van der Waals surface area contributed by atoms with Crippen LogP contribution < -0.4 is 0 Å². The van der Waals surface area contributed by atoms with Gasteiger partial charge in [-0.15, -0.1) is 0 Å². The molecule has 1 spiro atoms. The molecule has 1 aromatic heterocycles. The van der Waals surface area contributed by atoms with Crippen molar-refractivity contribution < 1.29 is 18.4 Å². The molecule has 0 bridgehead atoms. The Morgan fingerprint density at radius 2 is 1.82 bits per heavy atom. The molecule has 34 heavy (non-hydrogen) atoms. The van der Waals surface area contributed by atoms with Gasteiger partial charge in [-0.2, -0.15) is 0 Å². The summed E-state index contributed by atoms with van der Waals surface area (Å²) < 4.78 is 33.4. The summed E-state index contributed by atoms with van der Waals surface area (Å²) in [5.74, 6) is -1.80. The first-order chi connectivity index (χ1) is 16.6. The number of ether oxygens (including phenoxy) is 1. The summed E-state index contributed by atoms with van der Waals surface area (Å²) in [5.41, 5.74) is 5.20. The Morgan fingerprint density at radius 1 is 1.06 bits per heavy atom. The van der Waals surface area contributed by atoms with E-state index in [4.69, 9.17) is 9.57 Å². The lowest BCUT2D eigenvalue weighted by atomic mass is 9.84. The van der Waals surface area contributed by atoms with Gasteiger partial charge < -0.3 is 9.57 Å². The number of halogens is 2. The molecule has 3 aromatic rings. The quantitative estimate of drug-likeness (QED) is 0.374. The van der Waals surface area contributed by atoms with E-state index in [2.05, 4.69) is 21.1 Å². The summed E-state index contributed by atoms with van der Waals surface area (Å²) in [7, 11) is 0. The van der Waals surface area contributed by atoms with Crippen molar-refractivity contribution in [3.63, 3.8) is 0 Å². The van der Waals surface area contributed by atoms with Crippen LogP contribution in [-0.2, 0) is 28.3 Å². The summed E-state index contributed by atoms with van der Waals surface area (Å²) in [6.45, 7) is 5.60. The molecule has 3 heterocycles. The van der Waals surface area contributed by atoms with Crippen molar-refractivity contribution in [3.05, 3.63) is 100 Å². The Balaban J connectivity index is 1.27. The molecular formula is C27H27F2N3O2. The summed E-state index contributed by atoms with van der Waals surface area (Å²) in [6.07, 6.45) is 5.69. The van der Waals surface area contributed by atoms with Crippen LogP contribution in [0.3, 0.4) is 0 Å². The molecule has 7 heteroatoms. The van der Waals surface area contributed by atoms with Crippen LogP contribution in [0.2, 0.25) is 0 Å². The summed E-state index contributed by atoms with van der Waals surface area (Å²) in [4.78, 5) is 12.0. The van der Waals surface area contributed by atoms with Gasteiger partial charge in [-0.05, 0) is 55.2 Å². The Labute approximate surface area is 198 Å². The van der Waals surface area contributed by atoms with Crippen molar-refractivity contribution in [3.8, 4) is 0 Å². The molecule has 0 radical (unpaired) electrons. The van der Waals surface area contributed by atoms with Crippen LogP contribution in [0.25, 0.3) is 0 Å². The maximum atomic E-state index is 13.8. The Hall–Kier alpha value is -3.16. The number of nitrogens with zero attached hydrogens (tertiary/aromatic N) is 3. The molecule has 176 valence electrons. The van der Waals surface area contributed by atoms with Crippen LogP contribution >= 0.6 is 0 Å². The van der Waals surface area contributed by atoms with E-state index in [1.54, 1.807) is 0 Å². The van der Waals surface area contributed by atoms with Gasteiger partial charge in [0.25, 0.3) is 0 Å². The zero-order chi connectivity index (χ0) is 23.5. The number of benzene rings is 2. The highest BCUT2D eigenvalue weighted by molar-refractivity contribution is 6.12. The van der Waals surface area contributed by atoms with E-state index in [0.717, 1.165) is 50.2 Å². The predicted molar refractivity (Wildman–Crippen MR) is 125 cm³/mol. The SMILES string of the molecule is CCO/N=C(/c1ccc(CN2CCC3(CC2)OCc2ccncc23)cc1)c1ccc(F)c(F)c1. The van der Waals surface area contributed by atoms with E-state index in [1.807, 2.05) is 43.6 Å². The third-order valence-electron chi connectivity index (χ3n) is 6.68. The summed E-state index contributed by atoms with van der Waals surface area (Å²) in [6, 6.07) is 13.8. The minimum absolute atomic E-state index is 0.195. The van der Waals surface area contributed by atoms with Gasteiger partial charge in [0.05, 0.1) is 12.2 Å². The lowest BCUT2D eigenvalue weighted by Crippen LogP contribution is -2.42. The fourth-order valence-electron chi connectivity index (χ4n) is 4.81. The molecule has 0 saturated carbocycles. The number of fused-ring (bicyclic) bond motifs is 2. The standard InChI is InChI=1S/C27H27F2N3O2/c1-2-34-31-26(21-7-8-24(28)25(29)15-21)20-5-3-19(4-6-20)17-32-13-10-27(11-14-32)23-16-30-12-9-22(23)18-33-27/h3-9,12,15-16H,2,10-11,13-14,17-18H2,1H3/b31-26-. The molecule has 0 N–H and O–H groups in total. The highest BCUT2D eigenvalue weighted by Gasteiger charge is 2.42. The molecule has 5 rings (SSSR count). The molecule has 1 fully saturated rings. The molecule has 5 nitrogen and oxygen atoms in total. The Bertz CT molecular complexity index is 1190. The fourth-order valence-corrected chi connectivity index (χ4v) is 4.81. The van der Waals surface area contributed by atoms with Crippen molar-refractivity contribution in [2.24, 2.45) is 5.16 Å². The fraction of sp³-hybridized carbons (Fsp3) is 0.333. The van der Waals surface area contributed by atoms with Gasteiger partial charge in [0.1, 0.15) is 12.3 Å². The van der Waals surface area contributed by atoms with Gasteiger partial charge in [0, 0.05) is 48.7 Å². The van der Waals surface area contributed by atoms with Gasteiger partial charge in [0.15, 0.2) is 11.6 Å². The average molecular weight is 464 g/mol. The zero-order valence-corrected chi connectivity index (χ0v) is 19.1. The monoisotopic (exact) mass is 463 g/mol. The molecule has 1 saturated heterocycles. The second-order valence-corrected chi connectivity index (χ2v) is 8.78. The van der Waals surface area contributed by atoms with E-state index in [0.29, 0.717) is 24.5 Å². The molecule has 0 unspecified atom stereocenters. The maximum Gasteiger partial charge on any atom is 0.159 e. The normalized spacial score (nSPS) is 17.7. The predicted octanol–water partition coefficient (Wildman–Crippen LogP) is 5.17. The first kappa shape index (κ1) is 22.6. The van der Waals surface area contributed by atoms with Crippen LogP contribution in [0.5, 0.6) is 0 Å². The Morgan fingerprint density at radius 3 is 2.56 bits per heavy atom. The van der Waals surface area contributed by atoms with Gasteiger partial charge in [0.2, 0.25) is 0 Å². The average Bonchev–Trinajstić information content (AvgIpc) is 3.22. The highest BCUT2D eigenvalue weighted by atomic mass is 19.2. The topological polar surface area (TPSA) is 47.0 Å². The number of piperidine rings is 1. The number of aromatic nitrogens is 1. The molecule has 2 aromatic carbocycles. The molecule has 0 amide bonds. The van der Waals surface area contributed by atoms with Crippen LogP contribution in [-0.4, -0.2) is 35.3 Å². The maximum absolute atomic E-state index is 13.8. The van der Waals surface area contributed by atoms with Crippen LogP contribution in [0.15, 0.2) is 66.1 Å². The van der Waals surface area contributed by atoms with Crippen LogP contribution in [0.1, 0.15) is 47.6 Å². The molecule has 0 atom stereocenters. The van der Waals surface area contributed by atoms with E-state index in [9.17, 15) is 8.78 Å². The van der Waals surface area contributed by atoms with Crippen molar-refractivity contribution in [1.29, 1.82) is 0 Å². The first-order valence-electron chi connectivity index (χ1n) is 11.6. The van der Waals surface area contributed by atoms with E-state index in [1.165, 1.54) is 22.8 Å². The van der Waals surface area contributed by atoms with E-state index < -0.39 is 11.6 Å². The van der Waals surface area contributed by atoms with Crippen molar-refractivity contribution in [2.45, 2.75) is 38.5 Å². The number of rotatable bonds is 6. The number of hydrogen-bond acceptors (Lipinski definition) is 5. The van der Waals surface area contributed by atoms with Gasteiger partial charge in [-0.25, -0.2) is 8.78 Å². The third kappa shape index (κ3) is 4.45. The minimum Gasteiger partial charge on any atom is -0.396 e. The number of oxime groups is 1. The van der Waals surface area contributed by atoms with Crippen molar-refractivity contribution in [2.75, 3.05) is 19.7 Å². The lowest BCUT2D eigenvalue weighted by molar-refractivity contribution is -0.0800. The van der Waals surface area contributed by atoms with Crippen LogP contribution in [0.4, 0.5) is 8.78 Å². The minimum atomic E-state index is -0.911. The summed E-state index contributed by atoms with van der Waals surface area (Å²) in [5, 5.41) is 4.16. The zero-order valence-electron chi connectivity index (χ0n) is 19.1. The third-order valence-corrected chi connectivity index (χ3v) is 6.68. The van der Waals surface area contributed by atoms with E-state index >= 15 is 0 Å². The van der Waals surface area contributed by atoms with Gasteiger partial charge in [-0.3, -0.25) is 9.88 Å². The highest BCUT2D eigenvalue weighted by Crippen LogP contribution is 2.43. The molecular weight excluding hydrogens is 436 g/mol. The molecule has 2 aliphatic heterocycles. The first-order valence-corrected chi connectivity index (χ1v) is 11.6. The largest absolute Gasteiger partial charge is 0.396 e. The second kappa shape index (κ2) is 9.60. The summed E-state index contributed by atoms with van der Waals surface area (Å²) >= 11 is 0. The lowest BCUT2D eigenvalue weighted by Gasteiger charge is -2.39. The molecule has 0 aliphatic carbocycles. The van der Waals surface area contributed by atoms with Gasteiger partial charge in [-0.1, -0.05) is 29.4 Å². The Kier molecular flexibility index (Phi) is 6.39. The number of pyridine rings is 1. The molecule has 2 aliphatic rings. The van der Waals surface area contributed by atoms with Crippen LogP contribution in [0, 0.1) is 11.6 Å². The van der Waals surface area contributed by atoms with Gasteiger partial charge >= 0.3 is 0 Å². The number of likely N-dealkylation sites (tertiary alicyclic amines) is 1. The van der Waals surface area contributed by atoms with Crippen molar-refractivity contribution >= 4 is 5.71 Å². The number of hydrogen-bond donors (Lipinski definition) is 0. The van der Waals surface area contributed by atoms with Crippen molar-refractivity contribution in [1.82, 2.24) is 9.88 Å². The second-order valence-electron chi connectivity index (χ2n) is 8.78. The van der Waals surface area contributed by atoms with E-state index in [-0.39, 0.29) is 5.60 Å². The smallest absolute Gasteiger partial charge is 0.159 e.